The maximum absolute atomic E-state index is 6.53. The number of nitrogens with zero attached hydrogens (tertiary/aromatic N) is 3. The number of fused-ring (bicyclic) bond motifs is 2. The Morgan fingerprint density at radius 1 is 0.967 bits per heavy atom. The lowest BCUT2D eigenvalue weighted by Crippen LogP contribution is -2.31. The highest BCUT2D eigenvalue weighted by molar-refractivity contribution is 6.42. The number of hydrogen-bond acceptors (Lipinski definition) is 2. The van der Waals surface area contributed by atoms with Gasteiger partial charge in [0.05, 0.1) is 15.6 Å². The van der Waals surface area contributed by atoms with Crippen LogP contribution in [0.3, 0.4) is 0 Å². The molecule has 1 aliphatic rings. The zero-order valence-corrected chi connectivity index (χ0v) is 18.6. The molecule has 5 rings (SSSR count). The monoisotopic (exact) mass is 435 g/mol. The fourth-order valence-corrected chi connectivity index (χ4v) is 4.90. The third-order valence-corrected chi connectivity index (χ3v) is 7.17. The molecule has 152 valence electrons. The predicted molar refractivity (Wildman–Crippen MR) is 126 cm³/mol. The number of aromatic nitrogens is 2. The molecule has 3 nitrogen and oxygen atoms in total. The van der Waals surface area contributed by atoms with E-state index in [2.05, 4.69) is 53.6 Å². The van der Waals surface area contributed by atoms with Gasteiger partial charge < -0.3 is 9.47 Å². The van der Waals surface area contributed by atoms with Gasteiger partial charge in [-0.1, -0.05) is 59.6 Å². The molecule has 2 aromatic heterocycles. The van der Waals surface area contributed by atoms with Crippen LogP contribution in [0.2, 0.25) is 10.0 Å². The summed E-state index contributed by atoms with van der Waals surface area (Å²) in [5.74, 6) is 1.04. The lowest BCUT2D eigenvalue weighted by atomic mass is 10.00. The first-order valence-corrected chi connectivity index (χ1v) is 11.0. The molecule has 5 heteroatoms. The number of halogens is 2. The van der Waals surface area contributed by atoms with E-state index >= 15 is 0 Å². The molecule has 0 aliphatic carbocycles. The van der Waals surface area contributed by atoms with Crippen LogP contribution in [0.5, 0.6) is 0 Å². The maximum atomic E-state index is 6.53. The summed E-state index contributed by atoms with van der Waals surface area (Å²) in [5.41, 5.74) is 7.52. The van der Waals surface area contributed by atoms with Crippen LogP contribution in [0.25, 0.3) is 10.9 Å². The lowest BCUT2D eigenvalue weighted by Gasteiger charge is -2.30. The summed E-state index contributed by atoms with van der Waals surface area (Å²) in [7, 11) is 0. The van der Waals surface area contributed by atoms with Crippen molar-refractivity contribution < 1.29 is 0 Å². The Bertz CT molecular complexity index is 1260. The van der Waals surface area contributed by atoms with E-state index in [-0.39, 0.29) is 0 Å². The Morgan fingerprint density at radius 2 is 1.77 bits per heavy atom. The predicted octanol–water partition coefficient (Wildman–Crippen LogP) is 6.57. The lowest BCUT2D eigenvalue weighted by molar-refractivity contribution is 0.717. The first-order valence-electron chi connectivity index (χ1n) is 10.2. The minimum absolute atomic E-state index is 0.589. The van der Waals surface area contributed by atoms with Crippen LogP contribution in [0.15, 0.2) is 54.7 Å². The molecule has 0 atom stereocenters. The zero-order valence-electron chi connectivity index (χ0n) is 17.1. The largest absolute Gasteiger partial charge is 0.350 e. The quantitative estimate of drug-likeness (QED) is 0.362. The molecule has 0 fully saturated rings. The van der Waals surface area contributed by atoms with E-state index in [1.165, 1.54) is 33.3 Å². The average Bonchev–Trinajstić information content (AvgIpc) is 3.01. The Balaban J connectivity index is 1.64. The second-order valence-corrected chi connectivity index (χ2v) is 8.77. The van der Waals surface area contributed by atoms with Gasteiger partial charge in [0.25, 0.3) is 0 Å². The van der Waals surface area contributed by atoms with Crippen LogP contribution in [-0.2, 0) is 19.5 Å². The van der Waals surface area contributed by atoms with E-state index in [9.17, 15) is 0 Å². The van der Waals surface area contributed by atoms with E-state index in [4.69, 9.17) is 28.2 Å². The molecule has 1 aliphatic heterocycles. The summed E-state index contributed by atoms with van der Waals surface area (Å²) in [6, 6.07) is 16.7. The first-order chi connectivity index (χ1) is 14.5. The van der Waals surface area contributed by atoms with Gasteiger partial charge in [-0.15, -0.1) is 0 Å². The minimum atomic E-state index is 0.589. The van der Waals surface area contributed by atoms with Crippen molar-refractivity contribution in [2.45, 2.75) is 33.4 Å². The van der Waals surface area contributed by atoms with Crippen molar-refractivity contribution in [2.24, 2.45) is 0 Å². The molecule has 0 spiro atoms. The van der Waals surface area contributed by atoms with Gasteiger partial charge in [0, 0.05) is 36.9 Å². The van der Waals surface area contributed by atoms with Crippen molar-refractivity contribution >= 4 is 39.9 Å². The van der Waals surface area contributed by atoms with E-state index < -0.39 is 0 Å². The second kappa shape index (κ2) is 7.64. The van der Waals surface area contributed by atoms with Gasteiger partial charge in [-0.2, -0.15) is 0 Å². The van der Waals surface area contributed by atoms with Gasteiger partial charge in [0.1, 0.15) is 0 Å². The average molecular weight is 436 g/mol. The Labute approximate surface area is 186 Å². The van der Waals surface area contributed by atoms with Gasteiger partial charge in [-0.05, 0) is 54.7 Å². The van der Waals surface area contributed by atoms with Crippen LogP contribution < -0.4 is 4.90 Å². The fourth-order valence-electron chi connectivity index (χ4n) is 4.52. The topological polar surface area (TPSA) is 21.1 Å². The van der Waals surface area contributed by atoms with Gasteiger partial charge in [-0.3, -0.25) is 0 Å². The molecular weight excluding hydrogens is 413 g/mol. The number of aryl methyl sites for hydroxylation is 1. The van der Waals surface area contributed by atoms with Crippen LogP contribution >= 0.6 is 23.2 Å². The van der Waals surface area contributed by atoms with Crippen molar-refractivity contribution in [3.8, 4) is 0 Å². The molecule has 0 N–H and O–H groups in total. The molecule has 0 saturated heterocycles. The van der Waals surface area contributed by atoms with E-state index in [0.29, 0.717) is 16.6 Å². The molecule has 4 aromatic rings. The number of rotatable bonds is 3. The summed E-state index contributed by atoms with van der Waals surface area (Å²) in [5, 5.41) is 2.45. The summed E-state index contributed by atoms with van der Waals surface area (Å²) < 4.78 is 2.34. The molecule has 0 radical (unpaired) electrons. The Kier molecular flexibility index (Phi) is 4.96. The van der Waals surface area contributed by atoms with E-state index in [1.54, 1.807) is 0 Å². The molecule has 0 bridgehead atoms. The van der Waals surface area contributed by atoms with Gasteiger partial charge in [0.2, 0.25) is 0 Å². The summed E-state index contributed by atoms with van der Waals surface area (Å²) in [4.78, 5) is 7.25. The number of pyridine rings is 1. The van der Waals surface area contributed by atoms with Crippen LogP contribution in [-0.4, -0.2) is 16.1 Å². The fraction of sp³-hybridized carbons (Fsp3) is 0.240. The van der Waals surface area contributed by atoms with Crippen molar-refractivity contribution in [1.82, 2.24) is 9.55 Å². The third kappa shape index (κ3) is 3.17. The number of anilines is 1. The first kappa shape index (κ1) is 19.5. The Hall–Kier alpha value is -2.49. The third-order valence-electron chi connectivity index (χ3n) is 6.32. The highest BCUT2D eigenvalue weighted by Crippen LogP contribution is 2.35. The molecule has 3 heterocycles. The second-order valence-electron chi connectivity index (χ2n) is 7.98. The number of hydrogen-bond donors (Lipinski definition) is 0. The smallest absolute Gasteiger partial charge is 0.153 e. The standard InChI is InChI=1S/C25H23Cl2N3/c1-16-17(2)30(15-20-8-5-9-22(26)23(20)27)24-21(16)10-12-28-25(24)29-13-11-18-6-3-4-7-19(18)14-29/h3-10,12H,11,13-15H2,1-2H3. The molecule has 30 heavy (non-hydrogen) atoms. The van der Waals surface area contributed by atoms with Crippen molar-refractivity contribution in [3.63, 3.8) is 0 Å². The molecule has 0 saturated carbocycles. The van der Waals surface area contributed by atoms with Gasteiger partial charge in [0.15, 0.2) is 5.82 Å². The minimum Gasteiger partial charge on any atom is -0.350 e. The van der Waals surface area contributed by atoms with Gasteiger partial charge >= 0.3 is 0 Å². The van der Waals surface area contributed by atoms with Crippen LogP contribution in [0.4, 0.5) is 5.82 Å². The molecule has 0 amide bonds. The van der Waals surface area contributed by atoms with Crippen LogP contribution in [0, 0.1) is 13.8 Å². The van der Waals surface area contributed by atoms with Crippen molar-refractivity contribution in [1.29, 1.82) is 0 Å². The summed E-state index contributed by atoms with van der Waals surface area (Å²) in [6.07, 6.45) is 2.97. The summed E-state index contributed by atoms with van der Waals surface area (Å²) in [6.45, 7) is 6.86. The van der Waals surface area contributed by atoms with E-state index in [1.807, 2.05) is 24.4 Å². The SMILES string of the molecule is Cc1c(C)n(Cc2cccc(Cl)c2Cl)c2c(N3CCc4ccccc4C3)nccc12. The number of benzene rings is 2. The summed E-state index contributed by atoms with van der Waals surface area (Å²) >= 11 is 12.8. The van der Waals surface area contributed by atoms with Crippen molar-refractivity contribution in [2.75, 3.05) is 11.4 Å². The van der Waals surface area contributed by atoms with Crippen molar-refractivity contribution in [3.05, 3.63) is 92.7 Å². The normalized spacial score (nSPS) is 13.7. The van der Waals surface area contributed by atoms with E-state index in [0.717, 1.165) is 30.9 Å². The highest BCUT2D eigenvalue weighted by Gasteiger charge is 2.23. The molecular formula is C25H23Cl2N3. The Morgan fingerprint density at radius 3 is 2.60 bits per heavy atom. The van der Waals surface area contributed by atoms with Gasteiger partial charge in [-0.25, -0.2) is 4.98 Å². The van der Waals surface area contributed by atoms with Crippen LogP contribution in [0.1, 0.15) is 27.9 Å². The molecule has 0 unspecified atom stereocenters. The molecule has 2 aromatic carbocycles. The zero-order chi connectivity index (χ0) is 20.8. The maximum Gasteiger partial charge on any atom is 0.153 e. The highest BCUT2D eigenvalue weighted by atomic mass is 35.5.